The molecule has 2 atom stereocenters. The molecule has 18 heteroatoms. The van der Waals surface area contributed by atoms with E-state index in [1.54, 1.807) is 26.2 Å². The average molecular weight is 603 g/mol. The third-order valence-electron chi connectivity index (χ3n) is 4.42. The summed E-state index contributed by atoms with van der Waals surface area (Å²) in [7, 11) is -15.3. The van der Waals surface area contributed by atoms with E-state index in [4.69, 9.17) is 16.5 Å². The van der Waals surface area contributed by atoms with Crippen LogP contribution in [0.4, 0.5) is 39.5 Å². The van der Waals surface area contributed by atoms with Crippen LogP contribution in [-0.4, -0.2) is 62.3 Å². The highest BCUT2D eigenvalue weighted by Crippen LogP contribution is 2.37. The molecule has 0 aromatic carbocycles. The maximum Gasteiger partial charge on any atom is 0.389 e. The van der Waals surface area contributed by atoms with Gasteiger partial charge in [-0.3, -0.25) is 0 Å². The van der Waals surface area contributed by atoms with Crippen LogP contribution in [0.2, 0.25) is 64.0 Å². The molecule has 34 heavy (non-hydrogen) atoms. The van der Waals surface area contributed by atoms with E-state index in [1.165, 1.54) is 19.6 Å². The van der Waals surface area contributed by atoms with Gasteiger partial charge in [0.1, 0.15) is 0 Å². The molecule has 0 bridgehead atoms. The van der Waals surface area contributed by atoms with E-state index in [-0.39, 0.29) is 0 Å². The van der Waals surface area contributed by atoms with Crippen molar-refractivity contribution in [3.05, 3.63) is 0 Å². The summed E-state index contributed by atoms with van der Waals surface area (Å²) in [5.74, 6) is 0. The van der Waals surface area contributed by atoms with Crippen LogP contribution in [0.3, 0.4) is 0 Å². The minimum absolute atomic E-state index is 0.555. The molecule has 2 unspecified atom stereocenters. The molecule has 0 amide bonds. The van der Waals surface area contributed by atoms with Crippen LogP contribution in [0.5, 0.6) is 0 Å². The fraction of sp³-hybridized carbons (Fsp3) is 1.00. The summed E-state index contributed by atoms with van der Waals surface area (Å²) < 4.78 is 140. The SMILES string of the molecule is C[SiH](C)O[Si](C)(CCC(F)(F)F)O[Si](C)(CCC(F)(F)F)O[Si](C)(CCC(F)(F)F)O[SiH](C)C. The summed E-state index contributed by atoms with van der Waals surface area (Å²) in [5.41, 5.74) is 0. The molecular weight excluding hydrogens is 568 g/mol. The van der Waals surface area contributed by atoms with E-state index in [1.807, 2.05) is 0 Å². The lowest BCUT2D eigenvalue weighted by atomic mass is 10.5. The van der Waals surface area contributed by atoms with Gasteiger partial charge in [0, 0.05) is 19.3 Å². The molecular formula is C16H35F9O4Si5. The second-order valence-electron chi connectivity index (χ2n) is 9.28. The van der Waals surface area contributed by atoms with E-state index >= 15 is 0 Å². The predicted molar refractivity (Wildman–Crippen MR) is 123 cm³/mol. The van der Waals surface area contributed by atoms with Crippen LogP contribution in [0.1, 0.15) is 19.3 Å². The zero-order valence-electron chi connectivity index (χ0n) is 20.4. The third-order valence-corrected chi connectivity index (χ3v) is 22.6. The van der Waals surface area contributed by atoms with E-state index in [0.717, 1.165) is 0 Å². The average Bonchev–Trinajstić information content (AvgIpc) is 2.53. The van der Waals surface area contributed by atoms with Crippen molar-refractivity contribution in [2.45, 2.75) is 102 Å². The lowest BCUT2D eigenvalue weighted by molar-refractivity contribution is -0.132. The standard InChI is InChI=1S/C16H35F9O4Si5/c1-30(2)26-32(5,11-8-14(17,18)19)28-34(7,13-10-16(23,24)25)29-33(6,27-31(3)4)12-9-15(20,21)22/h30-31H,8-13H2,1-7H3. The van der Waals surface area contributed by atoms with Crippen LogP contribution < -0.4 is 0 Å². The maximum atomic E-state index is 13.1. The lowest BCUT2D eigenvalue weighted by Gasteiger charge is -2.43. The number of alkyl halides is 9. The van der Waals surface area contributed by atoms with Gasteiger partial charge in [0.25, 0.3) is 0 Å². The molecule has 4 nitrogen and oxygen atoms in total. The second-order valence-corrected chi connectivity index (χ2v) is 25.3. The van der Waals surface area contributed by atoms with Crippen molar-refractivity contribution in [3.8, 4) is 0 Å². The van der Waals surface area contributed by atoms with Crippen LogP contribution in [0.25, 0.3) is 0 Å². The number of hydrogen-bond donors (Lipinski definition) is 0. The van der Waals surface area contributed by atoms with E-state index < -0.39 is 99.7 Å². The van der Waals surface area contributed by atoms with E-state index in [9.17, 15) is 39.5 Å². The summed E-state index contributed by atoms with van der Waals surface area (Å²) >= 11 is 0. The summed E-state index contributed by atoms with van der Waals surface area (Å²) in [4.78, 5) is 0. The molecule has 0 saturated carbocycles. The van der Waals surface area contributed by atoms with Crippen molar-refractivity contribution in [3.63, 3.8) is 0 Å². The molecule has 0 N–H and O–H groups in total. The molecule has 0 aliphatic carbocycles. The van der Waals surface area contributed by atoms with Gasteiger partial charge in [-0.2, -0.15) is 39.5 Å². The first-order chi connectivity index (χ1) is 14.9. The molecule has 206 valence electrons. The molecule has 0 aromatic heterocycles. The van der Waals surface area contributed by atoms with Crippen molar-refractivity contribution >= 4 is 43.8 Å². The largest absolute Gasteiger partial charge is 0.439 e. The van der Waals surface area contributed by atoms with Gasteiger partial charge in [0.2, 0.25) is 0 Å². The molecule has 0 aliphatic heterocycles. The van der Waals surface area contributed by atoms with Gasteiger partial charge in [-0.15, -0.1) is 0 Å². The van der Waals surface area contributed by atoms with Crippen molar-refractivity contribution in [1.29, 1.82) is 0 Å². The summed E-state index contributed by atoms with van der Waals surface area (Å²) in [6.45, 7) is 10.7. The Morgan fingerprint density at radius 1 is 0.500 bits per heavy atom. The quantitative estimate of drug-likeness (QED) is 0.157. The Morgan fingerprint density at radius 2 is 0.735 bits per heavy atom. The molecule has 0 spiro atoms. The highest BCUT2D eigenvalue weighted by molar-refractivity contribution is 6.88. The summed E-state index contributed by atoms with van der Waals surface area (Å²) in [6.07, 6.45) is -17.5. The second kappa shape index (κ2) is 12.7. The van der Waals surface area contributed by atoms with Gasteiger partial charge in [-0.1, -0.05) is 0 Å². The molecule has 0 aromatic rings. The van der Waals surface area contributed by atoms with Crippen molar-refractivity contribution in [2.75, 3.05) is 0 Å². The Kier molecular flexibility index (Phi) is 12.8. The summed E-state index contributed by atoms with van der Waals surface area (Å²) in [6, 6.07) is -1.80. The smallest absolute Gasteiger partial charge is 0.389 e. The monoisotopic (exact) mass is 602 g/mol. The maximum absolute atomic E-state index is 13.1. The zero-order chi connectivity index (χ0) is 27.2. The Morgan fingerprint density at radius 3 is 0.941 bits per heavy atom. The molecule has 0 saturated heterocycles. The van der Waals surface area contributed by atoms with Gasteiger partial charge >= 0.3 is 44.2 Å². The zero-order valence-corrected chi connectivity index (χ0v) is 25.7. The van der Waals surface area contributed by atoms with Gasteiger partial charge in [-0.25, -0.2) is 0 Å². The Bertz CT molecular complexity index is 579. The Labute approximate surface area is 201 Å². The topological polar surface area (TPSA) is 36.9 Å². The van der Waals surface area contributed by atoms with E-state index in [2.05, 4.69) is 0 Å². The van der Waals surface area contributed by atoms with Crippen molar-refractivity contribution in [2.24, 2.45) is 0 Å². The van der Waals surface area contributed by atoms with Crippen LogP contribution >= 0.6 is 0 Å². The highest BCUT2D eigenvalue weighted by atomic mass is 28.5. The fourth-order valence-electron chi connectivity index (χ4n) is 3.41. The van der Waals surface area contributed by atoms with Crippen LogP contribution in [-0.2, 0) is 16.5 Å². The number of rotatable bonds is 14. The molecule has 0 fully saturated rings. The van der Waals surface area contributed by atoms with Gasteiger partial charge < -0.3 is 16.5 Å². The van der Waals surface area contributed by atoms with Crippen molar-refractivity contribution in [1.82, 2.24) is 0 Å². The first kappa shape index (κ1) is 34.3. The van der Waals surface area contributed by atoms with Crippen LogP contribution in [0, 0.1) is 0 Å². The minimum atomic E-state index is -4.61. The van der Waals surface area contributed by atoms with E-state index in [0.29, 0.717) is 0 Å². The number of hydrogen-bond acceptors (Lipinski definition) is 4. The molecule has 0 aliphatic rings. The van der Waals surface area contributed by atoms with Crippen molar-refractivity contribution < 1.29 is 56.0 Å². The van der Waals surface area contributed by atoms with Gasteiger partial charge in [-0.05, 0) is 64.0 Å². The minimum Gasteiger partial charge on any atom is -0.439 e. The number of halogens is 9. The first-order valence-corrected chi connectivity index (χ1v) is 24.0. The third kappa shape index (κ3) is 16.9. The normalized spacial score (nSPS) is 19.2. The molecule has 0 rings (SSSR count). The highest BCUT2D eigenvalue weighted by Gasteiger charge is 2.51. The van der Waals surface area contributed by atoms with Gasteiger partial charge in [0.05, 0.1) is 0 Å². The first-order valence-electron chi connectivity index (χ1n) is 10.8. The van der Waals surface area contributed by atoms with Gasteiger partial charge in [0.15, 0.2) is 18.1 Å². The molecule has 0 radical (unpaired) electrons. The fourth-order valence-corrected chi connectivity index (χ4v) is 25.3. The Hall–Kier alpha value is 0.294. The molecule has 0 heterocycles. The van der Waals surface area contributed by atoms with Crippen LogP contribution in [0.15, 0.2) is 0 Å². The predicted octanol–water partition coefficient (Wildman–Crippen LogP) is 7.09. The lowest BCUT2D eigenvalue weighted by Crippen LogP contribution is -2.59. The Balaban J connectivity index is 6.14. The summed E-state index contributed by atoms with van der Waals surface area (Å²) in [5, 5.41) is 0.